The number of fused-ring (bicyclic) bond motifs is 1. The molecule has 0 radical (unpaired) electrons. The van der Waals surface area contributed by atoms with Gasteiger partial charge in [-0.3, -0.25) is 0 Å². The summed E-state index contributed by atoms with van der Waals surface area (Å²) in [7, 11) is -3.65. The van der Waals surface area contributed by atoms with E-state index in [4.69, 9.17) is 0 Å². The number of nitrogens with zero attached hydrogens (tertiary/aromatic N) is 3. The molecule has 0 spiro atoms. The monoisotopic (exact) mass is 343 g/mol. The number of alkyl halides is 1. The standard InChI is InChI=1S/C14H12F3N3O2S/c15-8-3-7(4-9(16)5-8)12-6-11(17)13-18-14(19-20(12)13)23(21,22)10-1-2-10/h3-5,10-12H,1-2,6H2/t11-,12-/m0/s1. The van der Waals surface area contributed by atoms with Crippen molar-refractivity contribution in [2.24, 2.45) is 0 Å². The first-order valence-electron chi connectivity index (χ1n) is 7.16. The van der Waals surface area contributed by atoms with E-state index in [1.54, 1.807) is 0 Å². The van der Waals surface area contributed by atoms with Crippen molar-refractivity contribution in [1.82, 2.24) is 14.8 Å². The Kier molecular flexibility index (Phi) is 3.06. The molecule has 0 bridgehead atoms. The fourth-order valence-electron chi connectivity index (χ4n) is 2.85. The van der Waals surface area contributed by atoms with Gasteiger partial charge in [-0.25, -0.2) is 26.3 Å². The summed E-state index contributed by atoms with van der Waals surface area (Å²) in [5.41, 5.74) is 0.198. The predicted octanol–water partition coefficient (Wildman–Crippen LogP) is 2.50. The van der Waals surface area contributed by atoms with E-state index in [9.17, 15) is 21.6 Å². The molecule has 2 atom stereocenters. The Morgan fingerprint density at radius 3 is 2.39 bits per heavy atom. The fourth-order valence-corrected chi connectivity index (χ4v) is 4.33. The molecule has 2 aromatic rings. The van der Waals surface area contributed by atoms with E-state index in [0.29, 0.717) is 12.8 Å². The molecule has 122 valence electrons. The minimum Gasteiger partial charge on any atom is -0.239 e. The average Bonchev–Trinajstić information content (AvgIpc) is 3.15. The Labute approximate surface area is 130 Å². The lowest BCUT2D eigenvalue weighted by atomic mass is 10.0. The summed E-state index contributed by atoms with van der Waals surface area (Å²) < 4.78 is 66.4. The minimum atomic E-state index is -3.65. The number of hydrogen-bond donors (Lipinski definition) is 0. The van der Waals surface area contributed by atoms with E-state index in [0.717, 1.165) is 22.9 Å². The maximum atomic E-state index is 14.2. The summed E-state index contributed by atoms with van der Waals surface area (Å²) in [4.78, 5) is 3.83. The topological polar surface area (TPSA) is 64.8 Å². The van der Waals surface area contributed by atoms with Gasteiger partial charge in [-0.05, 0) is 30.5 Å². The molecule has 1 aromatic carbocycles. The second-order valence-corrected chi connectivity index (χ2v) is 7.99. The van der Waals surface area contributed by atoms with Crippen LogP contribution in [0.3, 0.4) is 0 Å². The van der Waals surface area contributed by atoms with Crippen molar-refractivity contribution < 1.29 is 21.6 Å². The highest BCUT2D eigenvalue weighted by molar-refractivity contribution is 7.92. The van der Waals surface area contributed by atoms with Crippen LogP contribution in [0.5, 0.6) is 0 Å². The van der Waals surface area contributed by atoms with E-state index >= 15 is 0 Å². The summed E-state index contributed by atoms with van der Waals surface area (Å²) in [6, 6.07) is 2.12. The lowest BCUT2D eigenvalue weighted by Gasteiger charge is -2.12. The SMILES string of the molecule is O=S(=O)(c1nc2n(n1)[C@H](c1cc(F)cc(F)c1)C[C@@H]2F)C1CC1. The molecule has 1 aliphatic heterocycles. The third-order valence-corrected chi connectivity index (χ3v) is 6.16. The highest BCUT2D eigenvalue weighted by Crippen LogP contribution is 2.41. The van der Waals surface area contributed by atoms with Gasteiger partial charge in [0.15, 0.2) is 12.0 Å². The van der Waals surface area contributed by atoms with E-state index in [1.165, 1.54) is 0 Å². The van der Waals surface area contributed by atoms with E-state index in [-0.39, 0.29) is 17.8 Å². The first kappa shape index (κ1) is 14.7. The maximum absolute atomic E-state index is 14.2. The number of sulfone groups is 1. The van der Waals surface area contributed by atoms with Crippen LogP contribution in [0.1, 0.15) is 42.9 Å². The Morgan fingerprint density at radius 1 is 1.13 bits per heavy atom. The number of hydrogen-bond acceptors (Lipinski definition) is 4. The Morgan fingerprint density at radius 2 is 1.78 bits per heavy atom. The van der Waals surface area contributed by atoms with Gasteiger partial charge >= 0.3 is 0 Å². The van der Waals surface area contributed by atoms with Crippen LogP contribution in [-0.2, 0) is 9.84 Å². The molecule has 4 rings (SSSR count). The van der Waals surface area contributed by atoms with Crippen LogP contribution in [0, 0.1) is 11.6 Å². The average molecular weight is 343 g/mol. The Balaban J connectivity index is 1.78. The van der Waals surface area contributed by atoms with Crippen LogP contribution >= 0.6 is 0 Å². The van der Waals surface area contributed by atoms with Gasteiger partial charge in [-0.15, -0.1) is 5.10 Å². The molecule has 0 N–H and O–H groups in total. The van der Waals surface area contributed by atoms with Crippen LogP contribution in [0.4, 0.5) is 13.2 Å². The molecule has 1 aliphatic carbocycles. The normalized spacial score (nSPS) is 24.0. The smallest absolute Gasteiger partial charge is 0.239 e. The van der Waals surface area contributed by atoms with Crippen molar-refractivity contribution in [2.45, 2.75) is 41.9 Å². The van der Waals surface area contributed by atoms with Gasteiger partial charge in [0.1, 0.15) is 11.6 Å². The molecule has 0 unspecified atom stereocenters. The molecule has 0 saturated heterocycles. The first-order chi connectivity index (χ1) is 10.9. The van der Waals surface area contributed by atoms with Gasteiger partial charge in [-0.2, -0.15) is 4.98 Å². The van der Waals surface area contributed by atoms with Gasteiger partial charge in [0.2, 0.25) is 9.84 Å². The lowest BCUT2D eigenvalue weighted by molar-refractivity contribution is 0.326. The first-order valence-corrected chi connectivity index (χ1v) is 8.71. The predicted molar refractivity (Wildman–Crippen MR) is 73.2 cm³/mol. The van der Waals surface area contributed by atoms with Crippen molar-refractivity contribution in [3.05, 3.63) is 41.2 Å². The fraction of sp³-hybridized carbons (Fsp3) is 0.429. The highest BCUT2D eigenvalue weighted by atomic mass is 32.2. The zero-order chi connectivity index (χ0) is 16.4. The molecule has 23 heavy (non-hydrogen) atoms. The summed E-state index contributed by atoms with van der Waals surface area (Å²) in [6.45, 7) is 0. The molecule has 1 aromatic heterocycles. The van der Waals surface area contributed by atoms with Crippen LogP contribution in [0.2, 0.25) is 0 Å². The summed E-state index contributed by atoms with van der Waals surface area (Å²) in [5, 5.41) is 3.01. The van der Waals surface area contributed by atoms with Gasteiger partial charge in [0, 0.05) is 12.5 Å². The second kappa shape index (κ2) is 4.80. The van der Waals surface area contributed by atoms with Crippen molar-refractivity contribution in [1.29, 1.82) is 0 Å². The largest absolute Gasteiger partial charge is 0.267 e. The Bertz CT molecular complexity index is 872. The maximum Gasteiger partial charge on any atom is 0.267 e. The van der Waals surface area contributed by atoms with Crippen LogP contribution in [0.15, 0.2) is 23.4 Å². The third kappa shape index (κ3) is 2.34. The molecular formula is C14H12F3N3O2S. The van der Waals surface area contributed by atoms with Crippen LogP contribution in [-0.4, -0.2) is 28.4 Å². The van der Waals surface area contributed by atoms with Crippen molar-refractivity contribution in [3.63, 3.8) is 0 Å². The van der Waals surface area contributed by atoms with Crippen molar-refractivity contribution >= 4 is 9.84 Å². The van der Waals surface area contributed by atoms with E-state index in [2.05, 4.69) is 10.1 Å². The molecular weight excluding hydrogens is 331 g/mol. The Hall–Kier alpha value is -1.90. The van der Waals surface area contributed by atoms with Gasteiger partial charge < -0.3 is 0 Å². The van der Waals surface area contributed by atoms with Crippen molar-refractivity contribution in [2.75, 3.05) is 0 Å². The molecule has 5 nitrogen and oxygen atoms in total. The zero-order valence-electron chi connectivity index (χ0n) is 11.8. The van der Waals surface area contributed by atoms with Gasteiger partial charge in [0.05, 0.1) is 11.3 Å². The second-order valence-electron chi connectivity index (χ2n) is 5.86. The summed E-state index contributed by atoms with van der Waals surface area (Å²) in [5.74, 6) is -1.68. The van der Waals surface area contributed by atoms with E-state index in [1.807, 2.05) is 0 Å². The quantitative estimate of drug-likeness (QED) is 0.859. The zero-order valence-corrected chi connectivity index (χ0v) is 12.6. The summed E-state index contributed by atoms with van der Waals surface area (Å²) >= 11 is 0. The van der Waals surface area contributed by atoms with Crippen LogP contribution in [0.25, 0.3) is 0 Å². The molecule has 9 heteroatoms. The van der Waals surface area contributed by atoms with E-state index < -0.39 is 44.1 Å². The van der Waals surface area contributed by atoms with Crippen LogP contribution < -0.4 is 0 Å². The molecule has 1 fully saturated rings. The number of aromatic nitrogens is 3. The third-order valence-electron chi connectivity index (χ3n) is 4.13. The highest BCUT2D eigenvalue weighted by Gasteiger charge is 2.43. The lowest BCUT2D eigenvalue weighted by Crippen LogP contribution is -2.13. The molecule has 2 aliphatic rings. The number of halogens is 3. The molecule has 1 saturated carbocycles. The van der Waals surface area contributed by atoms with Crippen molar-refractivity contribution in [3.8, 4) is 0 Å². The number of rotatable bonds is 3. The molecule has 2 heterocycles. The minimum absolute atomic E-state index is 0.0814. The molecule has 0 amide bonds. The van der Waals surface area contributed by atoms with Gasteiger partial charge in [-0.1, -0.05) is 0 Å². The summed E-state index contributed by atoms with van der Waals surface area (Å²) in [6.07, 6.45) is -0.516. The van der Waals surface area contributed by atoms with Gasteiger partial charge in [0.25, 0.3) is 5.16 Å². The number of benzene rings is 1.